The van der Waals surface area contributed by atoms with Crippen LogP contribution in [0.25, 0.3) is 0 Å². The average molecular weight is 231 g/mol. The molecule has 0 bridgehead atoms. The number of rotatable bonds is 3. The van der Waals surface area contributed by atoms with Gasteiger partial charge >= 0.3 is 0 Å². The van der Waals surface area contributed by atoms with Crippen molar-refractivity contribution >= 4 is 11.4 Å². The summed E-state index contributed by atoms with van der Waals surface area (Å²) in [5.74, 6) is -0.222. The highest BCUT2D eigenvalue weighted by molar-refractivity contribution is 5.64. The highest BCUT2D eigenvalue weighted by Crippen LogP contribution is 2.24. The van der Waals surface area contributed by atoms with E-state index in [0.29, 0.717) is 11.3 Å². The zero-order valence-electron chi connectivity index (χ0n) is 9.52. The van der Waals surface area contributed by atoms with E-state index in [4.69, 9.17) is 5.73 Å². The fourth-order valence-electron chi connectivity index (χ4n) is 1.68. The number of hydrogen-bond acceptors (Lipinski definition) is 3. The maximum Gasteiger partial charge on any atom is 0.128 e. The van der Waals surface area contributed by atoms with Crippen molar-refractivity contribution in [2.24, 2.45) is 0 Å². The number of nitrogens with one attached hydrogen (secondary N) is 1. The topological polar surface area (TPSA) is 50.9 Å². The van der Waals surface area contributed by atoms with E-state index < -0.39 is 0 Å². The monoisotopic (exact) mass is 231 g/mol. The molecule has 1 heterocycles. The summed E-state index contributed by atoms with van der Waals surface area (Å²) in [5, 5.41) is 3.16. The lowest BCUT2D eigenvalue weighted by molar-refractivity contribution is 0.600. The summed E-state index contributed by atoms with van der Waals surface area (Å²) in [4.78, 5) is 3.90. The number of aromatic nitrogens is 1. The summed E-state index contributed by atoms with van der Waals surface area (Å²) in [7, 11) is 0. The van der Waals surface area contributed by atoms with Crippen LogP contribution in [0.3, 0.4) is 0 Å². The van der Waals surface area contributed by atoms with E-state index in [2.05, 4.69) is 10.3 Å². The highest BCUT2D eigenvalue weighted by Gasteiger charge is 2.10. The van der Waals surface area contributed by atoms with E-state index in [1.54, 1.807) is 30.6 Å². The predicted molar refractivity (Wildman–Crippen MR) is 67.1 cm³/mol. The molecule has 0 aliphatic rings. The van der Waals surface area contributed by atoms with E-state index in [0.717, 1.165) is 5.69 Å². The molecule has 0 saturated heterocycles. The molecule has 3 N–H and O–H groups in total. The first-order chi connectivity index (χ1) is 8.18. The second kappa shape index (κ2) is 4.82. The lowest BCUT2D eigenvalue weighted by Gasteiger charge is -2.17. The van der Waals surface area contributed by atoms with Gasteiger partial charge in [0.2, 0.25) is 0 Å². The lowest BCUT2D eigenvalue weighted by Crippen LogP contribution is -2.10. The van der Waals surface area contributed by atoms with Gasteiger partial charge in [0.25, 0.3) is 0 Å². The summed E-state index contributed by atoms with van der Waals surface area (Å²) in [6.45, 7) is 1.89. The van der Waals surface area contributed by atoms with E-state index in [9.17, 15) is 4.39 Å². The SMILES string of the molecule is CC(Nc1ccncc1N)c1ccccc1F. The van der Waals surface area contributed by atoms with Crippen LogP contribution in [-0.4, -0.2) is 4.98 Å². The predicted octanol–water partition coefficient (Wildman–Crippen LogP) is 2.98. The molecule has 0 amide bonds. The molecule has 0 saturated carbocycles. The molecule has 88 valence electrons. The fourth-order valence-corrected chi connectivity index (χ4v) is 1.68. The minimum atomic E-state index is -0.222. The Morgan fingerprint density at radius 3 is 2.76 bits per heavy atom. The van der Waals surface area contributed by atoms with Gasteiger partial charge in [0, 0.05) is 11.8 Å². The molecule has 0 radical (unpaired) electrons. The second-order valence-corrected chi connectivity index (χ2v) is 3.85. The molecule has 1 atom stereocenters. The van der Waals surface area contributed by atoms with E-state index in [1.165, 1.54) is 6.07 Å². The summed E-state index contributed by atoms with van der Waals surface area (Å²) < 4.78 is 13.6. The highest BCUT2D eigenvalue weighted by atomic mass is 19.1. The van der Waals surface area contributed by atoms with Crippen molar-refractivity contribution in [3.8, 4) is 0 Å². The molecule has 3 nitrogen and oxygen atoms in total. The van der Waals surface area contributed by atoms with Gasteiger partial charge in [0.05, 0.1) is 23.6 Å². The van der Waals surface area contributed by atoms with Crippen molar-refractivity contribution in [1.82, 2.24) is 4.98 Å². The largest absolute Gasteiger partial charge is 0.396 e. The van der Waals surface area contributed by atoms with Gasteiger partial charge in [-0.3, -0.25) is 4.98 Å². The molecule has 17 heavy (non-hydrogen) atoms. The van der Waals surface area contributed by atoms with E-state index in [1.807, 2.05) is 13.0 Å². The molecule has 0 aliphatic carbocycles. The van der Waals surface area contributed by atoms with Gasteiger partial charge < -0.3 is 11.1 Å². The maximum absolute atomic E-state index is 13.6. The molecular formula is C13H14FN3. The van der Waals surface area contributed by atoms with Crippen molar-refractivity contribution in [1.29, 1.82) is 0 Å². The number of pyridine rings is 1. The molecule has 1 aromatic carbocycles. The van der Waals surface area contributed by atoms with Crippen LogP contribution in [0.2, 0.25) is 0 Å². The third-order valence-corrected chi connectivity index (χ3v) is 2.60. The lowest BCUT2D eigenvalue weighted by atomic mass is 10.1. The van der Waals surface area contributed by atoms with Crippen LogP contribution in [0.1, 0.15) is 18.5 Å². The van der Waals surface area contributed by atoms with Crippen molar-refractivity contribution in [2.45, 2.75) is 13.0 Å². The third-order valence-electron chi connectivity index (χ3n) is 2.60. The average Bonchev–Trinajstić information content (AvgIpc) is 2.32. The summed E-state index contributed by atoms with van der Waals surface area (Å²) in [5.41, 5.74) is 7.69. The number of nitrogen functional groups attached to an aromatic ring is 1. The summed E-state index contributed by atoms with van der Waals surface area (Å²) >= 11 is 0. The Hall–Kier alpha value is -2.10. The molecule has 1 aromatic heterocycles. The Kier molecular flexibility index (Phi) is 3.23. The second-order valence-electron chi connectivity index (χ2n) is 3.85. The van der Waals surface area contributed by atoms with Crippen molar-refractivity contribution in [2.75, 3.05) is 11.1 Å². The van der Waals surface area contributed by atoms with Gasteiger partial charge in [-0.2, -0.15) is 0 Å². The Balaban J connectivity index is 2.20. The first-order valence-electron chi connectivity index (χ1n) is 5.39. The summed E-state index contributed by atoms with van der Waals surface area (Å²) in [6, 6.07) is 8.31. The normalized spacial score (nSPS) is 12.1. The molecule has 4 heteroatoms. The van der Waals surface area contributed by atoms with Crippen LogP contribution in [0.5, 0.6) is 0 Å². The Labute approximate surface area is 99.5 Å². The number of nitrogens with two attached hydrogens (primary N) is 1. The Morgan fingerprint density at radius 1 is 1.29 bits per heavy atom. The molecule has 1 unspecified atom stereocenters. The first kappa shape index (κ1) is 11.4. The molecular weight excluding hydrogens is 217 g/mol. The van der Waals surface area contributed by atoms with Gasteiger partial charge in [-0.15, -0.1) is 0 Å². The number of anilines is 2. The van der Waals surface area contributed by atoms with Crippen LogP contribution in [0.15, 0.2) is 42.7 Å². The fraction of sp³-hybridized carbons (Fsp3) is 0.154. The standard InChI is InChI=1S/C13H14FN3/c1-9(10-4-2-3-5-11(10)14)17-13-6-7-16-8-12(13)15/h2-9H,15H2,1H3,(H,16,17). The van der Waals surface area contributed by atoms with Crippen molar-refractivity contribution in [3.63, 3.8) is 0 Å². The summed E-state index contributed by atoms with van der Waals surface area (Å²) in [6.07, 6.45) is 3.21. The quantitative estimate of drug-likeness (QED) is 0.853. The number of hydrogen-bond donors (Lipinski definition) is 2. The Bertz CT molecular complexity index is 514. The number of nitrogens with zero attached hydrogens (tertiary/aromatic N) is 1. The number of halogens is 1. The van der Waals surface area contributed by atoms with Gasteiger partial charge in [-0.1, -0.05) is 18.2 Å². The number of benzene rings is 1. The minimum absolute atomic E-state index is 0.152. The smallest absolute Gasteiger partial charge is 0.128 e. The van der Waals surface area contributed by atoms with Crippen molar-refractivity contribution < 1.29 is 4.39 Å². The molecule has 0 spiro atoms. The van der Waals surface area contributed by atoms with E-state index >= 15 is 0 Å². The van der Waals surface area contributed by atoms with Gasteiger partial charge in [0.1, 0.15) is 5.82 Å². The van der Waals surface area contributed by atoms with Crippen LogP contribution in [0.4, 0.5) is 15.8 Å². The van der Waals surface area contributed by atoms with Crippen LogP contribution in [0, 0.1) is 5.82 Å². The van der Waals surface area contributed by atoms with Crippen LogP contribution < -0.4 is 11.1 Å². The minimum Gasteiger partial charge on any atom is -0.396 e. The molecule has 2 aromatic rings. The third kappa shape index (κ3) is 2.53. The zero-order chi connectivity index (χ0) is 12.3. The van der Waals surface area contributed by atoms with Gasteiger partial charge in [-0.05, 0) is 19.1 Å². The first-order valence-corrected chi connectivity index (χ1v) is 5.39. The van der Waals surface area contributed by atoms with Crippen LogP contribution >= 0.6 is 0 Å². The maximum atomic E-state index is 13.6. The van der Waals surface area contributed by atoms with E-state index in [-0.39, 0.29) is 11.9 Å². The van der Waals surface area contributed by atoms with Crippen LogP contribution in [-0.2, 0) is 0 Å². The molecule has 0 aliphatic heterocycles. The Morgan fingerprint density at radius 2 is 2.06 bits per heavy atom. The van der Waals surface area contributed by atoms with Crippen molar-refractivity contribution in [3.05, 3.63) is 54.1 Å². The van der Waals surface area contributed by atoms with Gasteiger partial charge in [-0.25, -0.2) is 4.39 Å². The molecule has 2 rings (SSSR count). The zero-order valence-corrected chi connectivity index (χ0v) is 9.52. The van der Waals surface area contributed by atoms with Gasteiger partial charge in [0.15, 0.2) is 0 Å². The molecule has 0 fully saturated rings.